The zero-order chi connectivity index (χ0) is 18.4. The van der Waals surface area contributed by atoms with Crippen molar-refractivity contribution >= 4 is 17.7 Å². The molecular weight excluding hydrogens is 334 g/mol. The normalized spacial score (nSPS) is 11.8. The maximum absolute atomic E-state index is 12.4. The Bertz CT molecular complexity index is 780. The summed E-state index contributed by atoms with van der Waals surface area (Å²) < 4.78 is 2.03. The molecule has 1 atom stereocenters. The van der Waals surface area contributed by atoms with E-state index in [9.17, 15) is 4.79 Å². The Morgan fingerprint density at radius 2 is 2.12 bits per heavy atom. The van der Waals surface area contributed by atoms with Crippen LogP contribution in [0.25, 0.3) is 11.4 Å². The Morgan fingerprint density at radius 3 is 2.76 bits per heavy atom. The molecular formula is C18H23N5OS. The summed E-state index contributed by atoms with van der Waals surface area (Å²) in [5.41, 5.74) is 2.19. The van der Waals surface area contributed by atoms with Crippen molar-refractivity contribution in [2.45, 2.75) is 44.1 Å². The number of rotatable bonds is 7. The van der Waals surface area contributed by atoms with Gasteiger partial charge in [0.25, 0.3) is 0 Å². The van der Waals surface area contributed by atoms with Gasteiger partial charge in [-0.2, -0.15) is 5.26 Å². The van der Waals surface area contributed by atoms with Crippen LogP contribution in [-0.4, -0.2) is 44.4 Å². The van der Waals surface area contributed by atoms with E-state index in [4.69, 9.17) is 5.26 Å². The fraction of sp³-hybridized carbons (Fsp3) is 0.444. The number of carbonyl (C=O) groups excluding carboxylic acids is 1. The second-order valence-electron chi connectivity index (χ2n) is 5.79. The van der Waals surface area contributed by atoms with Gasteiger partial charge in [0.1, 0.15) is 0 Å². The van der Waals surface area contributed by atoms with Crippen molar-refractivity contribution in [1.82, 2.24) is 19.7 Å². The molecule has 0 saturated heterocycles. The second-order valence-corrected chi connectivity index (χ2v) is 7.10. The zero-order valence-electron chi connectivity index (χ0n) is 15.1. The van der Waals surface area contributed by atoms with Crippen LogP contribution in [0.1, 0.15) is 25.8 Å². The molecule has 25 heavy (non-hydrogen) atoms. The Labute approximate surface area is 152 Å². The van der Waals surface area contributed by atoms with Gasteiger partial charge in [-0.05, 0) is 26.3 Å². The van der Waals surface area contributed by atoms with Gasteiger partial charge in [-0.15, -0.1) is 10.2 Å². The highest BCUT2D eigenvalue weighted by atomic mass is 32.2. The van der Waals surface area contributed by atoms with Gasteiger partial charge in [-0.3, -0.25) is 4.79 Å². The lowest BCUT2D eigenvalue weighted by molar-refractivity contribution is -0.128. The van der Waals surface area contributed by atoms with E-state index in [0.717, 1.165) is 28.7 Å². The van der Waals surface area contributed by atoms with E-state index in [1.54, 1.807) is 11.9 Å². The summed E-state index contributed by atoms with van der Waals surface area (Å²) in [5.74, 6) is 0.809. The zero-order valence-corrected chi connectivity index (χ0v) is 15.9. The molecule has 0 aliphatic rings. The number of aryl methyl sites for hydroxylation is 1. The first-order valence-electron chi connectivity index (χ1n) is 8.27. The summed E-state index contributed by atoms with van der Waals surface area (Å²) in [5, 5.41) is 17.8. The lowest BCUT2D eigenvalue weighted by Gasteiger charge is -2.19. The number of thioether (sulfide) groups is 1. The molecule has 1 aromatic carbocycles. The molecule has 0 N–H and O–H groups in total. The summed E-state index contributed by atoms with van der Waals surface area (Å²) in [6.07, 6.45) is 0.336. The van der Waals surface area contributed by atoms with Crippen molar-refractivity contribution in [3.63, 3.8) is 0 Å². The van der Waals surface area contributed by atoms with Crippen molar-refractivity contribution in [2.75, 3.05) is 13.6 Å². The molecule has 132 valence electrons. The largest absolute Gasteiger partial charge is 0.344 e. The van der Waals surface area contributed by atoms with Gasteiger partial charge < -0.3 is 9.47 Å². The number of nitrogens with zero attached hydrogens (tertiary/aromatic N) is 5. The Morgan fingerprint density at radius 1 is 1.40 bits per heavy atom. The average Bonchev–Trinajstić information content (AvgIpc) is 3.01. The van der Waals surface area contributed by atoms with Crippen LogP contribution < -0.4 is 0 Å². The third-order valence-electron chi connectivity index (χ3n) is 3.98. The van der Waals surface area contributed by atoms with Gasteiger partial charge in [-0.1, -0.05) is 36.0 Å². The van der Waals surface area contributed by atoms with Crippen molar-refractivity contribution in [3.8, 4) is 17.5 Å². The van der Waals surface area contributed by atoms with Crippen LogP contribution in [0.2, 0.25) is 0 Å². The van der Waals surface area contributed by atoms with E-state index in [2.05, 4.69) is 16.3 Å². The van der Waals surface area contributed by atoms with Crippen LogP contribution in [0, 0.1) is 18.3 Å². The highest BCUT2D eigenvalue weighted by molar-refractivity contribution is 8.00. The monoisotopic (exact) mass is 357 g/mol. The van der Waals surface area contributed by atoms with E-state index >= 15 is 0 Å². The minimum atomic E-state index is -0.289. The Balaban J connectivity index is 2.20. The third-order valence-corrected chi connectivity index (χ3v) is 5.05. The molecule has 0 spiro atoms. The van der Waals surface area contributed by atoms with Gasteiger partial charge >= 0.3 is 0 Å². The van der Waals surface area contributed by atoms with Crippen LogP contribution in [0.4, 0.5) is 0 Å². The number of aromatic nitrogens is 3. The number of benzene rings is 1. The van der Waals surface area contributed by atoms with E-state index in [0.29, 0.717) is 13.0 Å². The second kappa shape index (κ2) is 8.67. The predicted octanol–water partition coefficient (Wildman–Crippen LogP) is 3.13. The predicted molar refractivity (Wildman–Crippen MR) is 99.1 cm³/mol. The molecule has 2 rings (SSSR count). The molecule has 1 aromatic heterocycles. The van der Waals surface area contributed by atoms with Gasteiger partial charge in [0.2, 0.25) is 5.91 Å². The van der Waals surface area contributed by atoms with E-state index in [-0.39, 0.29) is 11.2 Å². The van der Waals surface area contributed by atoms with Gasteiger partial charge in [0.05, 0.1) is 17.7 Å². The fourth-order valence-corrected chi connectivity index (χ4v) is 3.56. The summed E-state index contributed by atoms with van der Waals surface area (Å²) >= 11 is 1.40. The highest BCUT2D eigenvalue weighted by Gasteiger charge is 2.22. The molecule has 1 heterocycles. The van der Waals surface area contributed by atoms with E-state index in [1.807, 2.05) is 49.6 Å². The SMILES string of the molecule is CCn1c(S[C@@H](C)C(=O)N(C)CCC#N)nnc1-c1ccccc1C. The Hall–Kier alpha value is -2.33. The number of hydrogen-bond donors (Lipinski definition) is 0. The molecule has 0 radical (unpaired) electrons. The highest BCUT2D eigenvalue weighted by Crippen LogP contribution is 2.28. The van der Waals surface area contributed by atoms with Crippen LogP contribution in [0.3, 0.4) is 0 Å². The van der Waals surface area contributed by atoms with Crippen LogP contribution in [0.15, 0.2) is 29.4 Å². The van der Waals surface area contributed by atoms with Crippen molar-refractivity contribution in [2.24, 2.45) is 0 Å². The molecule has 0 aliphatic heterocycles. The molecule has 0 unspecified atom stereocenters. The first-order chi connectivity index (χ1) is 12.0. The van der Waals surface area contributed by atoms with E-state index in [1.165, 1.54) is 11.8 Å². The van der Waals surface area contributed by atoms with Crippen molar-refractivity contribution in [1.29, 1.82) is 5.26 Å². The summed E-state index contributed by atoms with van der Waals surface area (Å²) in [6, 6.07) is 10.1. The number of hydrogen-bond acceptors (Lipinski definition) is 5. The molecule has 2 aromatic rings. The third kappa shape index (κ3) is 4.40. The summed E-state index contributed by atoms with van der Waals surface area (Å²) in [7, 11) is 1.72. The maximum Gasteiger partial charge on any atom is 0.235 e. The molecule has 0 bridgehead atoms. The molecule has 0 fully saturated rings. The van der Waals surface area contributed by atoms with Crippen LogP contribution in [-0.2, 0) is 11.3 Å². The van der Waals surface area contributed by atoms with Crippen molar-refractivity contribution in [3.05, 3.63) is 29.8 Å². The van der Waals surface area contributed by atoms with Crippen molar-refractivity contribution < 1.29 is 4.79 Å². The lowest BCUT2D eigenvalue weighted by Crippen LogP contribution is -2.34. The molecule has 7 heteroatoms. The minimum Gasteiger partial charge on any atom is -0.344 e. The first kappa shape index (κ1) is 19.0. The quantitative estimate of drug-likeness (QED) is 0.712. The van der Waals surface area contributed by atoms with Crippen LogP contribution in [0.5, 0.6) is 0 Å². The lowest BCUT2D eigenvalue weighted by atomic mass is 10.1. The standard InChI is InChI=1S/C18H23N5OS/c1-5-23-16(15-10-7-6-9-13(15)2)20-21-18(23)25-14(3)17(24)22(4)12-8-11-19/h6-7,9-10,14H,5,8,12H2,1-4H3/t14-/m0/s1. The van der Waals surface area contributed by atoms with Gasteiger partial charge in [-0.25, -0.2) is 0 Å². The fourth-order valence-electron chi connectivity index (χ4n) is 2.53. The number of nitriles is 1. The minimum absolute atomic E-state index is 0.0108. The first-order valence-corrected chi connectivity index (χ1v) is 9.15. The summed E-state index contributed by atoms with van der Waals surface area (Å²) in [4.78, 5) is 14.0. The Kier molecular flexibility index (Phi) is 6.59. The maximum atomic E-state index is 12.4. The smallest absolute Gasteiger partial charge is 0.235 e. The number of amides is 1. The molecule has 1 amide bonds. The van der Waals surface area contributed by atoms with Gasteiger partial charge in [0.15, 0.2) is 11.0 Å². The van der Waals surface area contributed by atoms with E-state index < -0.39 is 0 Å². The summed E-state index contributed by atoms with van der Waals surface area (Å²) in [6.45, 7) is 7.12. The topological polar surface area (TPSA) is 74.8 Å². The molecule has 0 aliphatic carbocycles. The van der Waals surface area contributed by atoms with Gasteiger partial charge in [0, 0.05) is 25.7 Å². The van der Waals surface area contributed by atoms with Crippen LogP contribution >= 0.6 is 11.8 Å². The molecule has 6 nitrogen and oxygen atoms in total. The number of carbonyl (C=O) groups is 1. The average molecular weight is 357 g/mol. The molecule has 0 saturated carbocycles.